The molecule has 1 unspecified atom stereocenters. The summed E-state index contributed by atoms with van der Waals surface area (Å²) in [6.07, 6.45) is 1.77. The third kappa shape index (κ3) is 27.6. The van der Waals surface area contributed by atoms with E-state index in [4.69, 9.17) is 15.0 Å². The highest BCUT2D eigenvalue weighted by atomic mass is 16.4. The van der Waals surface area contributed by atoms with E-state index < -0.39 is 6.09 Å². The van der Waals surface area contributed by atoms with Crippen molar-refractivity contribution in [1.82, 2.24) is 0 Å². The lowest BCUT2D eigenvalue weighted by molar-refractivity contribution is 0.174. The van der Waals surface area contributed by atoms with Gasteiger partial charge in [-0.05, 0) is 12.8 Å². The van der Waals surface area contributed by atoms with Crippen LogP contribution >= 0.6 is 0 Å². The molecule has 0 aromatic rings. The lowest BCUT2D eigenvalue weighted by Crippen LogP contribution is -2.03. The monoisotopic (exact) mass is 161 g/mol. The predicted octanol–water partition coefficient (Wildman–Crippen LogP) is 0.957. The minimum atomic E-state index is -1.33. The van der Waals surface area contributed by atoms with E-state index >= 15 is 0 Å². The second kappa shape index (κ2) is 8.97. The van der Waals surface area contributed by atoms with Crippen LogP contribution in [0.25, 0.3) is 0 Å². The maximum absolute atomic E-state index is 8.79. The number of hydrogen-bond donors (Lipinski definition) is 3. The minimum Gasteiger partial charge on any atom is -0.465 e. The van der Waals surface area contributed by atoms with Crippen molar-refractivity contribution >= 4 is 6.09 Å². The molecular weight excluding hydrogens is 146 g/mol. The molecule has 0 heterocycles. The van der Waals surface area contributed by atoms with Crippen molar-refractivity contribution in [2.75, 3.05) is 0 Å². The SMILES string of the molecule is C=CCC(O)CC.NC(=O)O. The van der Waals surface area contributed by atoms with Crippen LogP contribution < -0.4 is 5.73 Å². The molecule has 11 heavy (non-hydrogen) atoms. The summed E-state index contributed by atoms with van der Waals surface area (Å²) in [6, 6.07) is 0. The van der Waals surface area contributed by atoms with Gasteiger partial charge in [-0.1, -0.05) is 13.0 Å². The molecule has 4 N–H and O–H groups in total. The molecule has 1 atom stereocenters. The van der Waals surface area contributed by atoms with Gasteiger partial charge >= 0.3 is 6.09 Å². The normalized spacial score (nSPS) is 10.7. The molecule has 0 aliphatic carbocycles. The van der Waals surface area contributed by atoms with Gasteiger partial charge < -0.3 is 15.9 Å². The largest absolute Gasteiger partial charge is 0.465 e. The van der Waals surface area contributed by atoms with Crippen LogP contribution in [0.5, 0.6) is 0 Å². The van der Waals surface area contributed by atoms with Crippen LogP contribution in [0.2, 0.25) is 0 Å². The smallest absolute Gasteiger partial charge is 0.402 e. The maximum atomic E-state index is 8.79. The van der Waals surface area contributed by atoms with Crippen LogP contribution in [0.4, 0.5) is 4.79 Å². The average molecular weight is 161 g/mol. The van der Waals surface area contributed by atoms with E-state index in [-0.39, 0.29) is 6.10 Å². The van der Waals surface area contributed by atoms with E-state index in [0.717, 1.165) is 12.8 Å². The standard InChI is InChI=1S/C6H12O.CH3NO2/c1-3-5-6(7)4-2;2-1(3)4/h3,6-7H,1,4-5H2,2H3;2H2,(H,3,4). The van der Waals surface area contributed by atoms with Crippen molar-refractivity contribution in [3.05, 3.63) is 12.7 Å². The molecule has 1 amide bonds. The second-order valence-electron chi connectivity index (χ2n) is 1.92. The molecule has 0 aliphatic heterocycles. The van der Waals surface area contributed by atoms with Gasteiger partial charge in [0.1, 0.15) is 0 Å². The summed E-state index contributed by atoms with van der Waals surface area (Å²) >= 11 is 0. The highest BCUT2D eigenvalue weighted by Gasteiger charge is 1.92. The van der Waals surface area contributed by atoms with E-state index in [9.17, 15) is 0 Å². The third-order valence-electron chi connectivity index (χ3n) is 0.910. The second-order valence-corrected chi connectivity index (χ2v) is 1.92. The summed E-state index contributed by atoms with van der Waals surface area (Å²) in [5, 5.41) is 16.0. The number of hydrogen-bond acceptors (Lipinski definition) is 2. The fourth-order valence-corrected chi connectivity index (χ4v) is 0.359. The van der Waals surface area contributed by atoms with Gasteiger partial charge in [-0.2, -0.15) is 0 Å². The topological polar surface area (TPSA) is 83.5 Å². The summed E-state index contributed by atoms with van der Waals surface area (Å²) in [6.45, 7) is 5.44. The molecule has 0 fully saturated rings. The van der Waals surface area contributed by atoms with Gasteiger partial charge in [0.25, 0.3) is 0 Å². The first-order valence-corrected chi connectivity index (χ1v) is 3.31. The van der Waals surface area contributed by atoms with Gasteiger partial charge in [-0.15, -0.1) is 6.58 Å². The van der Waals surface area contributed by atoms with Crippen molar-refractivity contribution in [3.8, 4) is 0 Å². The van der Waals surface area contributed by atoms with Crippen LogP contribution in [0.15, 0.2) is 12.7 Å². The van der Waals surface area contributed by atoms with Crippen LogP contribution in [0, 0.1) is 0 Å². The Morgan fingerprint density at radius 3 is 2.27 bits per heavy atom. The Kier molecular flexibility index (Phi) is 10.3. The highest BCUT2D eigenvalue weighted by molar-refractivity contribution is 5.61. The Balaban J connectivity index is 0. The molecule has 4 nitrogen and oxygen atoms in total. The molecule has 0 radical (unpaired) electrons. The van der Waals surface area contributed by atoms with Gasteiger partial charge in [-0.3, -0.25) is 0 Å². The van der Waals surface area contributed by atoms with E-state index in [1.807, 2.05) is 6.92 Å². The molecule has 0 aliphatic rings. The maximum Gasteiger partial charge on any atom is 0.402 e. The molecule has 0 saturated carbocycles. The summed E-state index contributed by atoms with van der Waals surface area (Å²) in [7, 11) is 0. The van der Waals surface area contributed by atoms with Crippen LogP contribution in [0.3, 0.4) is 0 Å². The first kappa shape index (κ1) is 12.6. The summed E-state index contributed by atoms with van der Waals surface area (Å²) < 4.78 is 0. The highest BCUT2D eigenvalue weighted by Crippen LogP contribution is 1.94. The Labute approximate surface area is 66.3 Å². The van der Waals surface area contributed by atoms with E-state index in [1.54, 1.807) is 6.08 Å². The first-order chi connectivity index (χ1) is 5.04. The van der Waals surface area contributed by atoms with Crippen LogP contribution in [-0.2, 0) is 0 Å². The molecule has 66 valence electrons. The fourth-order valence-electron chi connectivity index (χ4n) is 0.359. The van der Waals surface area contributed by atoms with Crippen molar-refractivity contribution in [3.63, 3.8) is 0 Å². The molecule has 0 spiro atoms. The van der Waals surface area contributed by atoms with Crippen molar-refractivity contribution in [2.45, 2.75) is 25.9 Å². The zero-order chi connectivity index (χ0) is 9.28. The third-order valence-corrected chi connectivity index (χ3v) is 0.910. The minimum absolute atomic E-state index is 0.169. The van der Waals surface area contributed by atoms with Gasteiger partial charge in [0.2, 0.25) is 0 Å². The number of amides is 1. The van der Waals surface area contributed by atoms with E-state index in [0.29, 0.717) is 0 Å². The van der Waals surface area contributed by atoms with Crippen LogP contribution in [-0.4, -0.2) is 22.4 Å². The lowest BCUT2D eigenvalue weighted by atomic mass is 10.2. The quantitative estimate of drug-likeness (QED) is 0.539. The van der Waals surface area contributed by atoms with Crippen molar-refractivity contribution in [2.24, 2.45) is 5.73 Å². The van der Waals surface area contributed by atoms with Crippen molar-refractivity contribution < 1.29 is 15.0 Å². The molecular formula is C7H15NO3. The Morgan fingerprint density at radius 1 is 1.82 bits per heavy atom. The number of carboxylic acid groups (broad SMARTS) is 1. The molecule has 0 aromatic carbocycles. The number of primary amides is 1. The zero-order valence-electron chi connectivity index (χ0n) is 6.66. The van der Waals surface area contributed by atoms with Gasteiger partial charge in [0, 0.05) is 0 Å². The number of aliphatic hydroxyl groups is 1. The molecule has 0 bridgehead atoms. The summed E-state index contributed by atoms with van der Waals surface area (Å²) in [5.41, 5.74) is 4.03. The molecule has 0 aromatic heterocycles. The molecule has 0 rings (SSSR count). The average Bonchev–Trinajstić information content (AvgIpc) is 1.87. The van der Waals surface area contributed by atoms with Gasteiger partial charge in [-0.25, -0.2) is 4.79 Å². The zero-order valence-corrected chi connectivity index (χ0v) is 6.66. The first-order valence-electron chi connectivity index (χ1n) is 3.31. The van der Waals surface area contributed by atoms with Gasteiger partial charge in [0.15, 0.2) is 0 Å². The molecule has 4 heteroatoms. The number of rotatable bonds is 3. The molecule has 0 saturated heterocycles. The number of carbonyl (C=O) groups is 1. The predicted molar refractivity (Wildman–Crippen MR) is 43.3 cm³/mol. The summed E-state index contributed by atoms with van der Waals surface area (Å²) in [4.78, 5) is 8.78. The van der Waals surface area contributed by atoms with E-state index in [1.165, 1.54) is 0 Å². The van der Waals surface area contributed by atoms with Crippen molar-refractivity contribution in [1.29, 1.82) is 0 Å². The van der Waals surface area contributed by atoms with E-state index in [2.05, 4.69) is 12.3 Å². The fraction of sp³-hybridized carbons (Fsp3) is 0.571. The summed E-state index contributed by atoms with van der Waals surface area (Å²) in [5.74, 6) is 0. The lowest BCUT2D eigenvalue weighted by Gasteiger charge is -1.99. The van der Waals surface area contributed by atoms with Gasteiger partial charge in [0.05, 0.1) is 6.10 Å². The number of aliphatic hydroxyl groups excluding tert-OH is 1. The Bertz CT molecular complexity index is 110. The Morgan fingerprint density at radius 2 is 2.18 bits per heavy atom. The van der Waals surface area contributed by atoms with Crippen LogP contribution in [0.1, 0.15) is 19.8 Å². The number of nitrogens with two attached hydrogens (primary N) is 1. The Hall–Kier alpha value is -1.03.